The fourth-order valence-corrected chi connectivity index (χ4v) is 2.79. The Balaban J connectivity index is 1.90. The summed E-state index contributed by atoms with van der Waals surface area (Å²) < 4.78 is 1.07. The van der Waals surface area contributed by atoms with Crippen LogP contribution in [0, 0.1) is 10.5 Å². The lowest BCUT2D eigenvalue weighted by Crippen LogP contribution is -2.32. The highest BCUT2D eigenvalue weighted by Gasteiger charge is 2.38. The van der Waals surface area contributed by atoms with Crippen molar-refractivity contribution < 1.29 is 9.59 Å². The summed E-state index contributed by atoms with van der Waals surface area (Å²) in [4.78, 5) is 26.0. The van der Waals surface area contributed by atoms with Gasteiger partial charge in [-0.25, -0.2) is 4.90 Å². The van der Waals surface area contributed by atoms with Crippen LogP contribution >= 0.6 is 34.2 Å². The van der Waals surface area contributed by atoms with Gasteiger partial charge in [0, 0.05) is 9.26 Å². The summed E-state index contributed by atoms with van der Waals surface area (Å²) in [7, 11) is 0. The van der Waals surface area contributed by atoms with Crippen LogP contribution in [0.25, 0.3) is 0 Å². The van der Waals surface area contributed by atoms with Crippen molar-refractivity contribution in [2.45, 2.75) is 6.92 Å². The van der Waals surface area contributed by atoms with Crippen molar-refractivity contribution in [2.24, 2.45) is 0 Å². The number of hydrogen-bond donors (Lipinski definition) is 1. The van der Waals surface area contributed by atoms with Crippen LogP contribution in [0.5, 0.6) is 0 Å². The minimum Gasteiger partial charge on any atom is -0.350 e. The fraction of sp³-hybridized carbons (Fsp3) is 0.0588. The van der Waals surface area contributed by atoms with Crippen LogP contribution in [0.3, 0.4) is 0 Å². The highest BCUT2D eigenvalue weighted by molar-refractivity contribution is 14.1. The molecule has 2 aromatic rings. The molecule has 116 valence electrons. The first kappa shape index (κ1) is 16.0. The second-order valence-corrected chi connectivity index (χ2v) is 6.73. The average molecular weight is 439 g/mol. The molecule has 0 unspecified atom stereocenters. The Labute approximate surface area is 152 Å². The maximum Gasteiger partial charge on any atom is 0.283 e. The summed E-state index contributed by atoms with van der Waals surface area (Å²) in [5.74, 6) is -0.976. The van der Waals surface area contributed by atoms with Gasteiger partial charge < -0.3 is 5.32 Å². The maximum atomic E-state index is 12.6. The maximum absolute atomic E-state index is 12.6. The van der Waals surface area contributed by atoms with E-state index in [1.807, 2.05) is 43.3 Å². The predicted octanol–water partition coefficient (Wildman–Crippen LogP) is 4.04. The van der Waals surface area contributed by atoms with Crippen molar-refractivity contribution in [3.63, 3.8) is 0 Å². The van der Waals surface area contributed by atoms with Gasteiger partial charge in [0.05, 0.1) is 5.69 Å². The molecule has 2 amide bonds. The Morgan fingerprint density at radius 3 is 2.17 bits per heavy atom. The minimum absolute atomic E-state index is 0.0958. The Hall–Kier alpha value is -1.86. The minimum atomic E-state index is -0.520. The SMILES string of the molecule is Cc1ccc(N2C(=O)C(Cl)=C(Nc3ccc(I)cc3)C2=O)cc1. The third-order valence-electron chi connectivity index (χ3n) is 3.43. The van der Waals surface area contributed by atoms with E-state index in [2.05, 4.69) is 27.9 Å². The predicted molar refractivity (Wildman–Crippen MR) is 99.3 cm³/mol. The van der Waals surface area contributed by atoms with Crippen LogP contribution in [0.15, 0.2) is 59.3 Å². The zero-order chi connectivity index (χ0) is 16.6. The molecule has 1 aliphatic heterocycles. The smallest absolute Gasteiger partial charge is 0.283 e. The van der Waals surface area contributed by atoms with Crippen LogP contribution in [-0.4, -0.2) is 11.8 Å². The molecule has 0 aliphatic carbocycles. The molecule has 0 atom stereocenters. The molecule has 0 aromatic heterocycles. The molecule has 0 bridgehead atoms. The lowest BCUT2D eigenvalue weighted by molar-refractivity contribution is -0.120. The standard InChI is InChI=1S/C17H12ClIN2O2/c1-10-2-8-13(9-3-10)21-16(22)14(18)15(17(21)23)20-12-6-4-11(19)5-7-12/h2-9,20H,1H3. The highest BCUT2D eigenvalue weighted by atomic mass is 127. The van der Waals surface area contributed by atoms with Gasteiger partial charge in [0.25, 0.3) is 11.8 Å². The molecular weight excluding hydrogens is 427 g/mol. The molecule has 3 rings (SSSR count). The fourth-order valence-electron chi connectivity index (χ4n) is 2.22. The molecule has 4 nitrogen and oxygen atoms in total. The van der Waals surface area contributed by atoms with Crippen LogP contribution in [-0.2, 0) is 9.59 Å². The molecule has 1 N–H and O–H groups in total. The van der Waals surface area contributed by atoms with Gasteiger partial charge in [-0.15, -0.1) is 0 Å². The third kappa shape index (κ3) is 3.11. The summed E-state index contributed by atoms with van der Waals surface area (Å²) in [5, 5.41) is 2.84. The molecule has 6 heteroatoms. The molecule has 1 aliphatic rings. The molecule has 1 heterocycles. The van der Waals surface area contributed by atoms with E-state index in [-0.39, 0.29) is 10.7 Å². The Bertz CT molecular complexity index is 813. The third-order valence-corrected chi connectivity index (χ3v) is 4.50. The number of nitrogens with zero attached hydrogens (tertiary/aromatic N) is 1. The first-order chi connectivity index (χ1) is 11.0. The number of imide groups is 1. The normalized spacial score (nSPS) is 14.7. The largest absolute Gasteiger partial charge is 0.350 e. The molecule has 0 fully saturated rings. The van der Waals surface area contributed by atoms with E-state index in [1.165, 1.54) is 0 Å². The number of carbonyl (C=O) groups excluding carboxylic acids is 2. The van der Waals surface area contributed by atoms with Gasteiger partial charge >= 0.3 is 0 Å². The first-order valence-corrected chi connectivity index (χ1v) is 8.31. The number of benzene rings is 2. The van der Waals surface area contributed by atoms with E-state index >= 15 is 0 Å². The summed E-state index contributed by atoms with van der Waals surface area (Å²) in [6.07, 6.45) is 0. The topological polar surface area (TPSA) is 49.4 Å². The van der Waals surface area contributed by atoms with Crippen LogP contribution in [0.4, 0.5) is 11.4 Å². The number of nitrogens with one attached hydrogen (secondary N) is 1. The molecule has 0 spiro atoms. The molecule has 0 saturated heterocycles. The van der Waals surface area contributed by atoms with Crippen molar-refractivity contribution in [3.8, 4) is 0 Å². The van der Waals surface area contributed by atoms with Crippen molar-refractivity contribution in [2.75, 3.05) is 10.2 Å². The Kier molecular flexibility index (Phi) is 4.41. The Morgan fingerprint density at radius 1 is 0.957 bits per heavy atom. The van der Waals surface area contributed by atoms with E-state index in [4.69, 9.17) is 11.6 Å². The number of anilines is 2. The van der Waals surface area contributed by atoms with Gasteiger partial charge in [-0.1, -0.05) is 29.3 Å². The van der Waals surface area contributed by atoms with Crippen molar-refractivity contribution >= 4 is 57.4 Å². The van der Waals surface area contributed by atoms with E-state index in [0.29, 0.717) is 11.4 Å². The lowest BCUT2D eigenvalue weighted by atomic mass is 10.2. The van der Waals surface area contributed by atoms with Gasteiger partial charge in [-0.3, -0.25) is 9.59 Å². The molecule has 0 radical (unpaired) electrons. The van der Waals surface area contributed by atoms with Crippen molar-refractivity contribution in [1.82, 2.24) is 0 Å². The van der Waals surface area contributed by atoms with E-state index < -0.39 is 11.8 Å². The van der Waals surface area contributed by atoms with Gasteiger partial charge in [0.15, 0.2) is 0 Å². The number of hydrogen-bond acceptors (Lipinski definition) is 3. The summed E-state index contributed by atoms with van der Waals surface area (Å²) in [6, 6.07) is 14.6. The molecule has 0 saturated carbocycles. The Morgan fingerprint density at radius 2 is 1.57 bits per heavy atom. The van der Waals surface area contributed by atoms with Crippen molar-refractivity contribution in [1.29, 1.82) is 0 Å². The number of amides is 2. The second-order valence-electron chi connectivity index (χ2n) is 5.10. The average Bonchev–Trinajstić information content (AvgIpc) is 2.74. The van der Waals surface area contributed by atoms with E-state index in [9.17, 15) is 9.59 Å². The van der Waals surface area contributed by atoms with Crippen LogP contribution in [0.2, 0.25) is 0 Å². The summed E-state index contributed by atoms with van der Waals surface area (Å²) in [5.41, 5.74) is 2.34. The molecule has 23 heavy (non-hydrogen) atoms. The quantitative estimate of drug-likeness (QED) is 0.581. The van der Waals surface area contributed by atoms with Gasteiger partial charge in [0.1, 0.15) is 10.7 Å². The number of halogens is 2. The van der Waals surface area contributed by atoms with Crippen LogP contribution in [0.1, 0.15) is 5.56 Å². The summed E-state index contributed by atoms with van der Waals surface area (Å²) in [6.45, 7) is 1.94. The van der Waals surface area contributed by atoms with Crippen LogP contribution < -0.4 is 10.2 Å². The number of carbonyl (C=O) groups is 2. The zero-order valence-corrected chi connectivity index (χ0v) is 15.1. The number of aryl methyl sites for hydroxylation is 1. The zero-order valence-electron chi connectivity index (χ0n) is 12.1. The monoisotopic (exact) mass is 438 g/mol. The van der Waals surface area contributed by atoms with E-state index in [1.54, 1.807) is 12.1 Å². The first-order valence-electron chi connectivity index (χ1n) is 6.85. The van der Waals surface area contributed by atoms with E-state index in [0.717, 1.165) is 14.0 Å². The highest BCUT2D eigenvalue weighted by Crippen LogP contribution is 2.30. The lowest BCUT2D eigenvalue weighted by Gasteiger charge is -2.15. The number of rotatable bonds is 3. The van der Waals surface area contributed by atoms with Gasteiger partial charge in [0.2, 0.25) is 0 Å². The van der Waals surface area contributed by atoms with Gasteiger partial charge in [-0.05, 0) is 65.9 Å². The second kappa shape index (κ2) is 6.33. The molecule has 2 aromatic carbocycles. The molecular formula is C17H12ClIN2O2. The van der Waals surface area contributed by atoms with Gasteiger partial charge in [-0.2, -0.15) is 0 Å². The summed E-state index contributed by atoms with van der Waals surface area (Å²) >= 11 is 8.28. The van der Waals surface area contributed by atoms with Crippen molar-refractivity contribution in [3.05, 3.63) is 68.4 Å².